The van der Waals surface area contributed by atoms with Crippen molar-refractivity contribution in [2.24, 2.45) is 0 Å². The number of nitrogens with one attached hydrogen (secondary N) is 1. The van der Waals surface area contributed by atoms with Crippen LogP contribution in [0.15, 0.2) is 41.3 Å². The van der Waals surface area contributed by atoms with E-state index in [0.717, 1.165) is 0 Å². The van der Waals surface area contributed by atoms with E-state index in [1.54, 1.807) is 30.3 Å². The maximum atomic E-state index is 13.5. The molecule has 2 saturated heterocycles. The van der Waals surface area contributed by atoms with Gasteiger partial charge in [0.2, 0.25) is 10.0 Å². The molecule has 0 saturated carbocycles. The second-order valence-corrected chi connectivity index (χ2v) is 9.79. The molecule has 34 heavy (non-hydrogen) atoms. The van der Waals surface area contributed by atoms with E-state index < -0.39 is 15.9 Å². The third-order valence-corrected chi connectivity index (χ3v) is 7.68. The summed E-state index contributed by atoms with van der Waals surface area (Å²) < 4.78 is 49.2. The number of nitrogens with zero attached hydrogens (tertiary/aromatic N) is 2. The van der Waals surface area contributed by atoms with Gasteiger partial charge in [0.1, 0.15) is 11.5 Å². The Kier molecular flexibility index (Phi) is 7.57. The summed E-state index contributed by atoms with van der Waals surface area (Å²) in [5.41, 5.74) is 1.38. The summed E-state index contributed by atoms with van der Waals surface area (Å²) >= 11 is 0. The second-order valence-electron chi connectivity index (χ2n) is 7.85. The van der Waals surface area contributed by atoms with E-state index >= 15 is 0 Å². The van der Waals surface area contributed by atoms with Gasteiger partial charge in [0.25, 0.3) is 5.91 Å². The third kappa shape index (κ3) is 5.27. The molecule has 11 heteroatoms. The molecule has 1 N–H and O–H groups in total. The fraction of sp³-hybridized carbons (Fsp3) is 0.435. The quantitative estimate of drug-likeness (QED) is 0.625. The van der Waals surface area contributed by atoms with Gasteiger partial charge in [0, 0.05) is 55.8 Å². The van der Waals surface area contributed by atoms with Crippen molar-refractivity contribution in [2.45, 2.75) is 4.90 Å². The Hall–Kier alpha value is -2.86. The van der Waals surface area contributed by atoms with Crippen LogP contribution >= 0.6 is 0 Å². The van der Waals surface area contributed by atoms with Crippen LogP contribution in [0, 0.1) is 0 Å². The summed E-state index contributed by atoms with van der Waals surface area (Å²) in [5.74, 6) is 0.606. The first kappa shape index (κ1) is 24.3. The van der Waals surface area contributed by atoms with E-state index in [1.165, 1.54) is 24.6 Å². The number of benzene rings is 2. The summed E-state index contributed by atoms with van der Waals surface area (Å²) in [4.78, 5) is 15.5. The first-order valence-electron chi connectivity index (χ1n) is 11.0. The van der Waals surface area contributed by atoms with Crippen molar-refractivity contribution in [1.82, 2.24) is 4.31 Å². The van der Waals surface area contributed by atoms with Crippen molar-refractivity contribution in [3.8, 4) is 11.5 Å². The minimum Gasteiger partial charge on any atom is -0.497 e. The second kappa shape index (κ2) is 10.6. The molecule has 10 nitrogen and oxygen atoms in total. The first-order valence-corrected chi connectivity index (χ1v) is 12.5. The highest BCUT2D eigenvalue weighted by molar-refractivity contribution is 7.89. The van der Waals surface area contributed by atoms with E-state index in [1.807, 2.05) is 4.90 Å². The zero-order valence-electron chi connectivity index (χ0n) is 19.3. The molecule has 0 bridgehead atoms. The monoisotopic (exact) mass is 491 g/mol. The Bertz CT molecular complexity index is 1110. The number of carbonyl (C=O) groups excluding carboxylic acids is 1. The molecule has 0 radical (unpaired) electrons. The maximum Gasteiger partial charge on any atom is 0.257 e. The summed E-state index contributed by atoms with van der Waals surface area (Å²) in [7, 11) is -0.720. The summed E-state index contributed by atoms with van der Waals surface area (Å²) in [5, 5.41) is 2.86. The van der Waals surface area contributed by atoms with Gasteiger partial charge in [-0.1, -0.05) is 0 Å². The van der Waals surface area contributed by atoms with Gasteiger partial charge in [0.05, 0.1) is 51.1 Å². The minimum atomic E-state index is -3.77. The fourth-order valence-corrected chi connectivity index (χ4v) is 5.39. The van der Waals surface area contributed by atoms with Crippen molar-refractivity contribution in [3.63, 3.8) is 0 Å². The normalized spacial score (nSPS) is 17.3. The summed E-state index contributed by atoms with van der Waals surface area (Å²) in [6, 6.07) is 9.74. The van der Waals surface area contributed by atoms with E-state index in [4.69, 9.17) is 18.9 Å². The molecule has 2 fully saturated rings. The van der Waals surface area contributed by atoms with Crippen LogP contribution in [0.3, 0.4) is 0 Å². The molecule has 0 atom stereocenters. The molecule has 2 heterocycles. The van der Waals surface area contributed by atoms with Crippen LogP contribution in [-0.4, -0.2) is 85.5 Å². The summed E-state index contributed by atoms with van der Waals surface area (Å²) in [6.07, 6.45) is 0. The number of methoxy groups -OCH3 is 2. The van der Waals surface area contributed by atoms with Crippen LogP contribution in [0.25, 0.3) is 0 Å². The highest BCUT2D eigenvalue weighted by atomic mass is 32.2. The lowest BCUT2D eigenvalue weighted by molar-refractivity contribution is 0.0730. The number of amides is 1. The number of hydrogen-bond acceptors (Lipinski definition) is 8. The smallest absolute Gasteiger partial charge is 0.257 e. The predicted molar refractivity (Wildman–Crippen MR) is 127 cm³/mol. The van der Waals surface area contributed by atoms with Crippen LogP contribution in [0.1, 0.15) is 10.4 Å². The predicted octanol–water partition coefficient (Wildman–Crippen LogP) is 1.81. The maximum absolute atomic E-state index is 13.5. The molecule has 4 rings (SSSR count). The molecule has 2 aliphatic heterocycles. The minimum absolute atomic E-state index is 0.0692. The number of carbonyl (C=O) groups is 1. The van der Waals surface area contributed by atoms with Crippen LogP contribution in [0.5, 0.6) is 11.5 Å². The zero-order valence-corrected chi connectivity index (χ0v) is 20.1. The number of ether oxygens (including phenoxy) is 4. The van der Waals surface area contributed by atoms with Crippen LogP contribution in [-0.2, 0) is 19.5 Å². The van der Waals surface area contributed by atoms with Crippen LogP contribution in [0.4, 0.5) is 11.4 Å². The van der Waals surface area contributed by atoms with Crippen molar-refractivity contribution >= 4 is 27.3 Å². The topological polar surface area (TPSA) is 107 Å². The lowest BCUT2D eigenvalue weighted by Crippen LogP contribution is -2.41. The molecule has 0 aromatic heterocycles. The fourth-order valence-electron chi connectivity index (χ4n) is 3.95. The Morgan fingerprint density at radius 3 is 2.06 bits per heavy atom. The number of rotatable bonds is 7. The van der Waals surface area contributed by atoms with Crippen molar-refractivity contribution < 1.29 is 32.2 Å². The third-order valence-electron chi connectivity index (χ3n) is 5.78. The number of morpholine rings is 2. The van der Waals surface area contributed by atoms with Gasteiger partial charge in [-0.05, 0) is 18.2 Å². The standard InChI is InChI=1S/C23H29N3O7S/c1-30-18-13-17(14-19(15-18)31-2)24-23(27)21-16-20(34(28,29)26-7-11-33-12-8-26)3-4-22(21)25-5-9-32-10-6-25/h3-4,13-16H,5-12H2,1-2H3,(H,24,27). The van der Waals surface area contributed by atoms with Crippen LogP contribution < -0.4 is 19.7 Å². The molecule has 2 aliphatic rings. The van der Waals surface area contributed by atoms with Gasteiger partial charge in [-0.3, -0.25) is 4.79 Å². The van der Waals surface area contributed by atoms with Gasteiger partial charge in [-0.25, -0.2) is 8.42 Å². The van der Waals surface area contributed by atoms with E-state index in [9.17, 15) is 13.2 Å². The van der Waals surface area contributed by atoms with Gasteiger partial charge in [-0.2, -0.15) is 4.31 Å². The Morgan fingerprint density at radius 2 is 1.47 bits per heavy atom. The van der Waals surface area contributed by atoms with Gasteiger partial charge in [-0.15, -0.1) is 0 Å². The zero-order chi connectivity index (χ0) is 24.1. The van der Waals surface area contributed by atoms with Crippen LogP contribution in [0.2, 0.25) is 0 Å². The molecule has 1 amide bonds. The average Bonchev–Trinajstić information content (AvgIpc) is 2.89. The largest absolute Gasteiger partial charge is 0.497 e. The highest BCUT2D eigenvalue weighted by Crippen LogP contribution is 2.30. The molecule has 0 unspecified atom stereocenters. The molecule has 0 spiro atoms. The average molecular weight is 492 g/mol. The summed E-state index contributed by atoms with van der Waals surface area (Å²) in [6.45, 7) is 3.50. The molecular weight excluding hydrogens is 462 g/mol. The Morgan fingerprint density at radius 1 is 0.882 bits per heavy atom. The molecule has 0 aliphatic carbocycles. The van der Waals surface area contributed by atoms with Crippen molar-refractivity contribution in [1.29, 1.82) is 0 Å². The Balaban J connectivity index is 1.70. The SMILES string of the molecule is COc1cc(NC(=O)c2cc(S(=O)(=O)N3CCOCC3)ccc2N2CCOCC2)cc(OC)c1. The first-order chi connectivity index (χ1) is 16.4. The van der Waals surface area contributed by atoms with Gasteiger partial charge >= 0.3 is 0 Å². The lowest BCUT2D eigenvalue weighted by atomic mass is 10.1. The van der Waals surface area contributed by atoms with E-state index in [2.05, 4.69) is 5.32 Å². The number of anilines is 2. The number of sulfonamides is 1. The lowest BCUT2D eigenvalue weighted by Gasteiger charge is -2.31. The molecule has 2 aromatic rings. The van der Waals surface area contributed by atoms with Gasteiger partial charge < -0.3 is 29.2 Å². The molecule has 2 aromatic carbocycles. The van der Waals surface area contributed by atoms with Gasteiger partial charge in [0.15, 0.2) is 0 Å². The Labute approximate surface area is 199 Å². The number of hydrogen-bond donors (Lipinski definition) is 1. The highest BCUT2D eigenvalue weighted by Gasteiger charge is 2.29. The van der Waals surface area contributed by atoms with E-state index in [-0.39, 0.29) is 23.5 Å². The van der Waals surface area contributed by atoms with Crippen molar-refractivity contribution in [2.75, 3.05) is 77.0 Å². The van der Waals surface area contributed by atoms with E-state index in [0.29, 0.717) is 62.4 Å². The molecule has 184 valence electrons. The molecular formula is C23H29N3O7S. The van der Waals surface area contributed by atoms with Crippen molar-refractivity contribution in [3.05, 3.63) is 42.0 Å².